The summed E-state index contributed by atoms with van der Waals surface area (Å²) < 4.78 is 0.724. The number of urea groups is 1. The van der Waals surface area contributed by atoms with E-state index in [-0.39, 0.29) is 11.9 Å². The van der Waals surface area contributed by atoms with Crippen LogP contribution in [-0.4, -0.2) is 29.5 Å². The minimum absolute atomic E-state index is 0.00181. The van der Waals surface area contributed by atoms with Crippen molar-refractivity contribution in [1.29, 1.82) is 0 Å². The predicted molar refractivity (Wildman–Crippen MR) is 56.8 cm³/mol. The van der Waals surface area contributed by atoms with Gasteiger partial charge in [0.05, 0.1) is 0 Å². The summed E-state index contributed by atoms with van der Waals surface area (Å²) in [6.07, 6.45) is 0.968. The second kappa shape index (κ2) is 6.88. The van der Waals surface area contributed by atoms with Crippen LogP contribution in [0.1, 0.15) is 19.8 Å². The minimum atomic E-state index is -0.795. The van der Waals surface area contributed by atoms with Gasteiger partial charge in [0.25, 0.3) is 5.91 Å². The number of halogens is 1. The van der Waals surface area contributed by atoms with Crippen molar-refractivity contribution in [2.45, 2.75) is 19.8 Å². The van der Waals surface area contributed by atoms with Crippen LogP contribution in [-0.2, 0) is 4.79 Å². The number of amides is 3. The first-order valence-corrected chi connectivity index (χ1v) is 4.63. The van der Waals surface area contributed by atoms with Crippen LogP contribution in [0.5, 0.6) is 0 Å². The molecule has 0 aromatic heterocycles. The topological polar surface area (TPSA) is 99.8 Å². The van der Waals surface area contributed by atoms with Crippen molar-refractivity contribution in [3.63, 3.8) is 0 Å². The lowest BCUT2D eigenvalue weighted by atomic mass is 10.3. The molecule has 0 heterocycles. The molecular formula is C7H14ClN5O2. The van der Waals surface area contributed by atoms with Gasteiger partial charge >= 0.3 is 6.03 Å². The third kappa shape index (κ3) is 5.74. The van der Waals surface area contributed by atoms with Crippen LogP contribution in [0, 0.1) is 0 Å². The van der Waals surface area contributed by atoms with E-state index < -0.39 is 6.03 Å². The maximum absolute atomic E-state index is 11.2. The first-order chi connectivity index (χ1) is 7.01. The first kappa shape index (κ1) is 13.5. The smallest absolute Gasteiger partial charge is 0.318 e. The summed E-state index contributed by atoms with van der Waals surface area (Å²) in [5.74, 6) is -0.325. The molecule has 0 saturated carbocycles. The number of carbonyl (C=O) groups is 2. The summed E-state index contributed by atoms with van der Waals surface area (Å²) in [4.78, 5) is 25.3. The van der Waals surface area contributed by atoms with Gasteiger partial charge in [-0.2, -0.15) is 4.53 Å². The number of aliphatic imine (C=N–C) groups is 1. The maximum atomic E-state index is 11.2. The van der Waals surface area contributed by atoms with Crippen LogP contribution in [0.3, 0.4) is 0 Å². The van der Waals surface area contributed by atoms with E-state index in [9.17, 15) is 9.59 Å². The average molecular weight is 236 g/mol. The van der Waals surface area contributed by atoms with Crippen LogP contribution < -0.4 is 16.5 Å². The predicted octanol–water partition coefficient (Wildman–Crippen LogP) is -0.0724. The number of hydrogen-bond donors (Lipinski definition) is 3. The zero-order valence-electron chi connectivity index (χ0n) is 8.58. The van der Waals surface area contributed by atoms with Crippen molar-refractivity contribution in [3.05, 3.63) is 0 Å². The molecule has 7 nitrogen and oxygen atoms in total. The molecule has 0 radical (unpaired) electrons. The Kier molecular flexibility index (Phi) is 6.19. The second-order valence-electron chi connectivity index (χ2n) is 2.60. The van der Waals surface area contributed by atoms with Gasteiger partial charge in [-0.3, -0.25) is 15.1 Å². The molecule has 0 rings (SSSR count). The van der Waals surface area contributed by atoms with Crippen LogP contribution in [0.4, 0.5) is 4.79 Å². The minimum Gasteiger partial charge on any atom is -0.351 e. The molecule has 0 aliphatic heterocycles. The van der Waals surface area contributed by atoms with E-state index in [0.29, 0.717) is 12.8 Å². The van der Waals surface area contributed by atoms with Gasteiger partial charge in [-0.15, -0.1) is 0 Å². The zero-order chi connectivity index (χ0) is 11.8. The molecule has 0 aromatic rings. The molecule has 4 N–H and O–H groups in total. The summed E-state index contributed by atoms with van der Waals surface area (Å²) >= 11 is 5.57. The van der Waals surface area contributed by atoms with Crippen molar-refractivity contribution in [2.24, 2.45) is 10.7 Å². The number of hydrazine groups is 1. The van der Waals surface area contributed by atoms with Gasteiger partial charge in [0.2, 0.25) is 5.96 Å². The Morgan fingerprint density at radius 2 is 2.13 bits per heavy atom. The van der Waals surface area contributed by atoms with E-state index in [1.807, 2.05) is 6.92 Å². The fraction of sp³-hybridized carbons (Fsp3) is 0.571. The third-order valence-corrected chi connectivity index (χ3v) is 1.63. The highest BCUT2D eigenvalue weighted by molar-refractivity contribution is 6.21. The normalized spacial score (nSPS) is 10.7. The number of nitrogens with one attached hydrogen (secondary N) is 2. The second-order valence-corrected chi connectivity index (χ2v) is 2.94. The summed E-state index contributed by atoms with van der Waals surface area (Å²) in [5.41, 5.74) is 7.23. The monoisotopic (exact) mass is 235 g/mol. The van der Waals surface area contributed by atoms with Gasteiger partial charge in [-0.25, -0.2) is 10.2 Å². The van der Waals surface area contributed by atoms with Crippen molar-refractivity contribution in [1.82, 2.24) is 15.3 Å². The molecule has 0 aliphatic carbocycles. The van der Waals surface area contributed by atoms with E-state index in [0.717, 1.165) is 4.53 Å². The van der Waals surface area contributed by atoms with Crippen molar-refractivity contribution in [2.75, 3.05) is 7.05 Å². The fourth-order valence-corrected chi connectivity index (χ4v) is 0.882. The molecule has 0 spiro atoms. The highest BCUT2D eigenvalue weighted by Crippen LogP contribution is 1.97. The number of carbonyl (C=O) groups excluding carboxylic acids is 2. The van der Waals surface area contributed by atoms with E-state index in [2.05, 4.69) is 15.7 Å². The van der Waals surface area contributed by atoms with Gasteiger partial charge in [0, 0.05) is 25.2 Å². The summed E-state index contributed by atoms with van der Waals surface area (Å²) in [5, 5.41) is 2.16. The van der Waals surface area contributed by atoms with Crippen molar-refractivity contribution in [3.8, 4) is 0 Å². The Balaban J connectivity index is 4.18. The molecule has 0 aromatic carbocycles. The first-order valence-electron chi connectivity index (χ1n) is 4.29. The van der Waals surface area contributed by atoms with Crippen LogP contribution in [0.2, 0.25) is 0 Å². The molecule has 0 atom stereocenters. The van der Waals surface area contributed by atoms with Crippen LogP contribution in [0.15, 0.2) is 4.99 Å². The molecular weight excluding hydrogens is 222 g/mol. The highest BCUT2D eigenvalue weighted by Gasteiger charge is 2.12. The van der Waals surface area contributed by atoms with E-state index in [1.165, 1.54) is 7.05 Å². The van der Waals surface area contributed by atoms with Gasteiger partial charge in [0.15, 0.2) is 0 Å². The number of guanidine groups is 1. The standard InChI is InChI=1S/C7H14ClN5O2/c1-3-4-5(14)13(8)12-7(10-2)11-6(9)15/h3-4H2,1-2H3,(H4,9,10,11,12,15). The number of nitrogens with zero attached hydrogens (tertiary/aromatic N) is 2. The highest BCUT2D eigenvalue weighted by atomic mass is 35.5. The Labute approximate surface area is 92.7 Å². The van der Waals surface area contributed by atoms with Crippen molar-refractivity contribution >= 4 is 29.7 Å². The molecule has 0 aliphatic rings. The van der Waals surface area contributed by atoms with Crippen LogP contribution >= 0.6 is 11.8 Å². The number of primary amides is 1. The summed E-state index contributed by atoms with van der Waals surface area (Å²) in [6.45, 7) is 1.85. The van der Waals surface area contributed by atoms with Crippen LogP contribution in [0.25, 0.3) is 0 Å². The Hall–Kier alpha value is -1.50. The van der Waals surface area contributed by atoms with Crippen molar-refractivity contribution < 1.29 is 9.59 Å². The lowest BCUT2D eigenvalue weighted by molar-refractivity contribution is -0.127. The quantitative estimate of drug-likeness (QED) is 0.270. The number of hydrogen-bond acceptors (Lipinski definition) is 3. The number of rotatable bonds is 2. The molecule has 0 saturated heterocycles. The average Bonchev–Trinajstić information content (AvgIpc) is 2.16. The zero-order valence-corrected chi connectivity index (χ0v) is 9.34. The van der Waals surface area contributed by atoms with Gasteiger partial charge < -0.3 is 5.73 Å². The summed E-state index contributed by atoms with van der Waals surface area (Å²) in [7, 11) is 1.41. The van der Waals surface area contributed by atoms with Gasteiger partial charge in [-0.05, 0) is 6.42 Å². The molecule has 0 unspecified atom stereocenters. The van der Waals surface area contributed by atoms with E-state index in [1.54, 1.807) is 0 Å². The number of nitrogens with two attached hydrogens (primary N) is 1. The summed E-state index contributed by atoms with van der Waals surface area (Å²) in [6, 6.07) is -0.795. The van der Waals surface area contributed by atoms with Gasteiger partial charge in [0.1, 0.15) is 0 Å². The van der Waals surface area contributed by atoms with E-state index >= 15 is 0 Å². The van der Waals surface area contributed by atoms with E-state index in [4.69, 9.17) is 17.5 Å². The largest absolute Gasteiger partial charge is 0.351 e. The Morgan fingerprint density at radius 1 is 1.53 bits per heavy atom. The molecule has 8 heteroatoms. The molecule has 15 heavy (non-hydrogen) atoms. The lowest BCUT2D eigenvalue weighted by Gasteiger charge is -2.16. The third-order valence-electron chi connectivity index (χ3n) is 1.35. The molecule has 0 bridgehead atoms. The molecule has 3 amide bonds. The lowest BCUT2D eigenvalue weighted by Crippen LogP contribution is -2.49. The maximum Gasteiger partial charge on any atom is 0.318 e. The molecule has 0 fully saturated rings. The fourth-order valence-electron chi connectivity index (χ4n) is 0.718. The Bertz CT molecular complexity index is 268. The molecule has 86 valence electrons. The van der Waals surface area contributed by atoms with Gasteiger partial charge in [-0.1, -0.05) is 6.92 Å². The Morgan fingerprint density at radius 3 is 2.53 bits per heavy atom. The SMILES string of the molecule is CCCC(=O)N(Cl)NC(=NC)NC(N)=O.